The molecule has 2 aromatic rings. The van der Waals surface area contributed by atoms with Gasteiger partial charge in [0.15, 0.2) is 6.04 Å². The number of anilines is 1. The van der Waals surface area contributed by atoms with Gasteiger partial charge in [-0.1, -0.05) is 12.1 Å². The number of nitrogens with zero attached hydrogens (tertiary/aromatic N) is 3. The molecule has 1 aliphatic heterocycles. The van der Waals surface area contributed by atoms with E-state index in [9.17, 15) is 5.26 Å². The Morgan fingerprint density at radius 3 is 3.11 bits per heavy atom. The lowest BCUT2D eigenvalue weighted by atomic mass is 10.1. The summed E-state index contributed by atoms with van der Waals surface area (Å²) in [4.78, 5) is 9.01. The summed E-state index contributed by atoms with van der Waals surface area (Å²) in [5.74, 6) is 0.823. The van der Waals surface area contributed by atoms with Crippen LogP contribution in [0.3, 0.4) is 0 Å². The van der Waals surface area contributed by atoms with Crippen LogP contribution in [0.25, 0.3) is 0 Å². The smallest absolute Gasteiger partial charge is 0.159 e. The average Bonchev–Trinajstić information content (AvgIpc) is 2.94. The SMILES string of the molecule is N#C[C@H](c1cnc[nH]1)N1CCOc2ccccc21. The number of H-pyrrole nitrogens is 1. The van der Waals surface area contributed by atoms with E-state index in [1.807, 2.05) is 29.2 Å². The second-order valence-electron chi connectivity index (χ2n) is 4.05. The predicted molar refractivity (Wildman–Crippen MR) is 66.2 cm³/mol. The molecule has 1 aromatic carbocycles. The third kappa shape index (κ3) is 1.68. The Morgan fingerprint density at radius 2 is 2.33 bits per heavy atom. The quantitative estimate of drug-likeness (QED) is 0.870. The summed E-state index contributed by atoms with van der Waals surface area (Å²) in [5.41, 5.74) is 1.75. The summed E-state index contributed by atoms with van der Waals surface area (Å²) in [7, 11) is 0. The van der Waals surface area contributed by atoms with Crippen LogP contribution in [0.2, 0.25) is 0 Å². The van der Waals surface area contributed by atoms with Crippen molar-refractivity contribution in [3.05, 3.63) is 42.5 Å². The first-order valence-corrected chi connectivity index (χ1v) is 5.76. The van der Waals surface area contributed by atoms with E-state index < -0.39 is 0 Å². The number of aromatic nitrogens is 2. The largest absolute Gasteiger partial charge is 0.490 e. The Balaban J connectivity index is 2.01. The highest BCUT2D eigenvalue weighted by molar-refractivity contribution is 5.61. The van der Waals surface area contributed by atoms with Crippen LogP contribution in [0.15, 0.2) is 36.8 Å². The molecular formula is C13H12N4O. The van der Waals surface area contributed by atoms with Crippen LogP contribution in [-0.2, 0) is 0 Å². The number of nitrogens with one attached hydrogen (secondary N) is 1. The lowest BCUT2D eigenvalue weighted by Gasteiger charge is -2.33. The van der Waals surface area contributed by atoms with Gasteiger partial charge in [-0.25, -0.2) is 4.98 Å². The Kier molecular flexibility index (Phi) is 2.61. The number of benzene rings is 1. The van der Waals surface area contributed by atoms with Crippen molar-refractivity contribution in [1.82, 2.24) is 9.97 Å². The van der Waals surface area contributed by atoms with E-state index in [4.69, 9.17) is 4.74 Å². The summed E-state index contributed by atoms with van der Waals surface area (Å²) in [5, 5.41) is 9.40. The third-order valence-electron chi connectivity index (χ3n) is 3.01. The maximum Gasteiger partial charge on any atom is 0.159 e. The topological polar surface area (TPSA) is 64.9 Å². The van der Waals surface area contributed by atoms with E-state index in [1.54, 1.807) is 12.5 Å². The summed E-state index contributed by atoms with van der Waals surface area (Å²) < 4.78 is 5.59. The summed E-state index contributed by atoms with van der Waals surface area (Å²) in [6.07, 6.45) is 3.28. The second kappa shape index (κ2) is 4.41. The summed E-state index contributed by atoms with van der Waals surface area (Å²) >= 11 is 0. The lowest BCUT2D eigenvalue weighted by molar-refractivity contribution is 0.304. The van der Waals surface area contributed by atoms with Crippen LogP contribution in [-0.4, -0.2) is 23.1 Å². The molecule has 0 radical (unpaired) electrons. The van der Waals surface area contributed by atoms with Crippen LogP contribution in [0, 0.1) is 11.3 Å². The molecule has 3 rings (SSSR count). The molecule has 5 heteroatoms. The number of hydrogen-bond acceptors (Lipinski definition) is 4. The zero-order chi connectivity index (χ0) is 12.4. The number of nitriles is 1. The summed E-state index contributed by atoms with van der Waals surface area (Å²) in [6, 6.07) is 9.71. The normalized spacial score (nSPS) is 15.4. The van der Waals surface area contributed by atoms with Gasteiger partial charge in [0, 0.05) is 0 Å². The van der Waals surface area contributed by atoms with Crippen molar-refractivity contribution in [2.45, 2.75) is 6.04 Å². The number of hydrogen-bond donors (Lipinski definition) is 1. The predicted octanol–water partition coefficient (Wildman–Crippen LogP) is 1.87. The first kappa shape index (κ1) is 10.7. The zero-order valence-electron chi connectivity index (χ0n) is 9.71. The Labute approximate surface area is 105 Å². The molecule has 1 N–H and O–H groups in total. The minimum Gasteiger partial charge on any atom is -0.490 e. The molecule has 0 saturated heterocycles. The van der Waals surface area contributed by atoms with Gasteiger partial charge in [-0.15, -0.1) is 0 Å². The van der Waals surface area contributed by atoms with Crippen LogP contribution >= 0.6 is 0 Å². The molecule has 1 aromatic heterocycles. The van der Waals surface area contributed by atoms with Gasteiger partial charge in [0.25, 0.3) is 0 Å². The second-order valence-corrected chi connectivity index (χ2v) is 4.05. The highest BCUT2D eigenvalue weighted by Gasteiger charge is 2.26. The monoisotopic (exact) mass is 240 g/mol. The van der Waals surface area contributed by atoms with Crippen LogP contribution < -0.4 is 9.64 Å². The fraction of sp³-hybridized carbons (Fsp3) is 0.231. The number of aromatic amines is 1. The fourth-order valence-corrected chi connectivity index (χ4v) is 2.18. The van der Waals surface area contributed by atoms with Crippen LogP contribution in [0.5, 0.6) is 5.75 Å². The molecule has 1 atom stereocenters. The highest BCUT2D eigenvalue weighted by Crippen LogP contribution is 2.35. The van der Waals surface area contributed by atoms with Crippen molar-refractivity contribution in [2.24, 2.45) is 0 Å². The molecule has 1 aliphatic rings. The van der Waals surface area contributed by atoms with E-state index in [1.165, 1.54) is 0 Å². The van der Waals surface area contributed by atoms with E-state index in [0.717, 1.165) is 17.1 Å². The fourth-order valence-electron chi connectivity index (χ4n) is 2.18. The highest BCUT2D eigenvalue weighted by atomic mass is 16.5. The van der Waals surface area contributed by atoms with E-state index in [-0.39, 0.29) is 6.04 Å². The van der Waals surface area contributed by atoms with Crippen molar-refractivity contribution in [2.75, 3.05) is 18.1 Å². The molecule has 0 spiro atoms. The average molecular weight is 240 g/mol. The number of ether oxygens (including phenoxy) is 1. The first-order valence-electron chi connectivity index (χ1n) is 5.76. The number of fused-ring (bicyclic) bond motifs is 1. The van der Waals surface area contributed by atoms with Gasteiger partial charge in [0.2, 0.25) is 0 Å². The first-order chi connectivity index (χ1) is 8.90. The molecule has 5 nitrogen and oxygen atoms in total. The van der Waals surface area contributed by atoms with Crippen molar-refractivity contribution in [3.8, 4) is 11.8 Å². The minimum absolute atomic E-state index is 0.363. The molecule has 90 valence electrons. The molecule has 18 heavy (non-hydrogen) atoms. The molecule has 0 saturated carbocycles. The van der Waals surface area contributed by atoms with Crippen molar-refractivity contribution >= 4 is 5.69 Å². The number of para-hydroxylation sites is 2. The van der Waals surface area contributed by atoms with E-state index in [2.05, 4.69) is 16.0 Å². The molecular weight excluding hydrogens is 228 g/mol. The van der Waals surface area contributed by atoms with Crippen LogP contribution in [0.1, 0.15) is 11.7 Å². The maximum absolute atomic E-state index is 9.40. The van der Waals surface area contributed by atoms with Crippen molar-refractivity contribution < 1.29 is 4.74 Å². The minimum atomic E-state index is -0.363. The van der Waals surface area contributed by atoms with Crippen molar-refractivity contribution in [3.63, 3.8) is 0 Å². The third-order valence-corrected chi connectivity index (χ3v) is 3.01. The zero-order valence-corrected chi connectivity index (χ0v) is 9.71. The van der Waals surface area contributed by atoms with Gasteiger partial charge >= 0.3 is 0 Å². The molecule has 0 bridgehead atoms. The molecule has 0 unspecified atom stereocenters. The molecule has 0 fully saturated rings. The number of rotatable bonds is 2. The van der Waals surface area contributed by atoms with E-state index in [0.29, 0.717) is 13.2 Å². The Bertz CT molecular complexity index is 573. The van der Waals surface area contributed by atoms with E-state index >= 15 is 0 Å². The molecule has 0 amide bonds. The summed E-state index contributed by atoms with van der Waals surface area (Å²) in [6.45, 7) is 1.28. The maximum atomic E-state index is 9.40. The molecule has 0 aliphatic carbocycles. The standard InChI is InChI=1S/C13H12N4O/c14-7-12(10-8-15-9-16-10)17-5-6-18-13-4-2-1-3-11(13)17/h1-4,8-9,12H,5-6H2,(H,15,16)/t12-/m1/s1. The lowest BCUT2D eigenvalue weighted by Crippen LogP contribution is -2.35. The Morgan fingerprint density at radius 1 is 1.44 bits per heavy atom. The van der Waals surface area contributed by atoms with Gasteiger partial charge in [-0.3, -0.25) is 0 Å². The van der Waals surface area contributed by atoms with Gasteiger partial charge in [-0.2, -0.15) is 5.26 Å². The Hall–Kier alpha value is -2.48. The van der Waals surface area contributed by atoms with Gasteiger partial charge < -0.3 is 14.6 Å². The number of imidazole rings is 1. The molecule has 2 heterocycles. The van der Waals surface area contributed by atoms with Gasteiger partial charge in [-0.05, 0) is 12.1 Å². The van der Waals surface area contributed by atoms with Gasteiger partial charge in [0.05, 0.1) is 36.5 Å². The van der Waals surface area contributed by atoms with Crippen molar-refractivity contribution in [1.29, 1.82) is 5.26 Å². The van der Waals surface area contributed by atoms with Gasteiger partial charge in [0.1, 0.15) is 12.4 Å². The van der Waals surface area contributed by atoms with Crippen LogP contribution in [0.4, 0.5) is 5.69 Å².